The highest BCUT2D eigenvalue weighted by molar-refractivity contribution is 5.67. The van der Waals surface area contributed by atoms with Crippen LogP contribution in [-0.4, -0.2) is 22.2 Å². The molecule has 0 spiro atoms. The molecule has 0 aliphatic carbocycles. The lowest BCUT2D eigenvalue weighted by molar-refractivity contribution is -0.138. The minimum Gasteiger partial charge on any atom is -0.481 e. The van der Waals surface area contributed by atoms with Gasteiger partial charge in [0.1, 0.15) is 0 Å². The van der Waals surface area contributed by atoms with Crippen molar-refractivity contribution in [3.8, 4) is 0 Å². The first-order chi connectivity index (χ1) is 7.58. The molecule has 0 bridgehead atoms. The molecule has 0 aliphatic heterocycles. The molecule has 0 unspecified atom stereocenters. The lowest BCUT2D eigenvalue weighted by Crippen LogP contribution is -1.99. The zero-order valence-corrected chi connectivity index (χ0v) is 8.85. The van der Waals surface area contributed by atoms with Gasteiger partial charge in [0, 0.05) is 12.8 Å². The zero-order chi connectivity index (χ0) is 12.0. The van der Waals surface area contributed by atoms with E-state index in [0.717, 1.165) is 11.1 Å². The van der Waals surface area contributed by atoms with Gasteiger partial charge in [-0.25, -0.2) is 0 Å². The molecule has 16 heavy (non-hydrogen) atoms. The summed E-state index contributed by atoms with van der Waals surface area (Å²) >= 11 is 0. The maximum atomic E-state index is 10.4. The van der Waals surface area contributed by atoms with E-state index in [1.807, 2.05) is 24.3 Å². The van der Waals surface area contributed by atoms with E-state index >= 15 is 0 Å². The molecular weight excluding hydrogens is 208 g/mol. The summed E-state index contributed by atoms with van der Waals surface area (Å²) in [5.41, 5.74) is 1.92. The van der Waals surface area contributed by atoms with E-state index in [1.54, 1.807) is 0 Å². The maximum Gasteiger partial charge on any atom is 0.303 e. The lowest BCUT2D eigenvalue weighted by Gasteiger charge is -2.01. The summed E-state index contributed by atoms with van der Waals surface area (Å²) in [6.45, 7) is 0. The molecule has 2 N–H and O–H groups in total. The molecule has 0 amide bonds. The highest BCUT2D eigenvalue weighted by Gasteiger charge is 2.01. The van der Waals surface area contributed by atoms with E-state index in [0.29, 0.717) is 12.8 Å². The molecule has 0 aliphatic rings. The second-order valence-electron chi connectivity index (χ2n) is 3.60. The van der Waals surface area contributed by atoms with Crippen LogP contribution in [0.25, 0.3) is 0 Å². The highest BCUT2D eigenvalue weighted by Crippen LogP contribution is 2.08. The van der Waals surface area contributed by atoms with E-state index < -0.39 is 11.9 Å². The number of benzene rings is 1. The average Bonchev–Trinajstić information content (AvgIpc) is 2.25. The van der Waals surface area contributed by atoms with Crippen LogP contribution in [0, 0.1) is 0 Å². The normalized spacial score (nSPS) is 10.0. The summed E-state index contributed by atoms with van der Waals surface area (Å²) in [5.74, 6) is -1.62. The first-order valence-electron chi connectivity index (χ1n) is 5.09. The fourth-order valence-corrected chi connectivity index (χ4v) is 1.38. The Morgan fingerprint density at radius 3 is 1.38 bits per heavy atom. The van der Waals surface area contributed by atoms with E-state index in [9.17, 15) is 9.59 Å². The Labute approximate surface area is 93.5 Å². The van der Waals surface area contributed by atoms with Crippen molar-refractivity contribution in [3.05, 3.63) is 35.4 Å². The third kappa shape index (κ3) is 4.59. The van der Waals surface area contributed by atoms with Crippen molar-refractivity contribution in [1.29, 1.82) is 0 Å². The van der Waals surface area contributed by atoms with Gasteiger partial charge in [0.05, 0.1) is 0 Å². The van der Waals surface area contributed by atoms with Gasteiger partial charge in [-0.05, 0) is 24.0 Å². The monoisotopic (exact) mass is 222 g/mol. The summed E-state index contributed by atoms with van der Waals surface area (Å²) < 4.78 is 0. The van der Waals surface area contributed by atoms with Gasteiger partial charge in [-0.2, -0.15) is 0 Å². The van der Waals surface area contributed by atoms with Crippen molar-refractivity contribution >= 4 is 11.9 Å². The number of aryl methyl sites for hydroxylation is 2. The molecule has 1 aromatic rings. The minimum absolute atomic E-state index is 0.120. The van der Waals surface area contributed by atoms with Crippen LogP contribution in [0.2, 0.25) is 0 Å². The van der Waals surface area contributed by atoms with Crippen molar-refractivity contribution < 1.29 is 19.8 Å². The second kappa shape index (κ2) is 5.90. The lowest BCUT2D eigenvalue weighted by atomic mass is 10.0. The van der Waals surface area contributed by atoms with Crippen molar-refractivity contribution in [1.82, 2.24) is 0 Å². The van der Waals surface area contributed by atoms with Gasteiger partial charge in [0.25, 0.3) is 0 Å². The van der Waals surface area contributed by atoms with Gasteiger partial charge in [0.2, 0.25) is 0 Å². The van der Waals surface area contributed by atoms with Crippen molar-refractivity contribution in [3.63, 3.8) is 0 Å². The Kier molecular flexibility index (Phi) is 4.51. The molecule has 86 valence electrons. The second-order valence-corrected chi connectivity index (χ2v) is 3.60. The van der Waals surface area contributed by atoms with Crippen LogP contribution >= 0.6 is 0 Å². The van der Waals surface area contributed by atoms with Gasteiger partial charge in [0.15, 0.2) is 0 Å². The van der Waals surface area contributed by atoms with Gasteiger partial charge >= 0.3 is 11.9 Å². The number of rotatable bonds is 6. The first kappa shape index (κ1) is 12.2. The number of carboxylic acids is 2. The minimum atomic E-state index is -0.810. The molecule has 0 heterocycles. The zero-order valence-electron chi connectivity index (χ0n) is 8.85. The molecule has 0 saturated carbocycles. The number of carboxylic acid groups (broad SMARTS) is 2. The number of aliphatic carboxylic acids is 2. The fraction of sp³-hybridized carbons (Fsp3) is 0.333. The standard InChI is InChI=1S/C12H14O4/c13-11(14)7-5-9-1-2-10(4-3-9)6-8-12(15)16/h1-4H,5-8H2,(H,13,14)(H,15,16). The van der Waals surface area contributed by atoms with Crippen molar-refractivity contribution in [2.75, 3.05) is 0 Å². The molecule has 4 nitrogen and oxygen atoms in total. The van der Waals surface area contributed by atoms with E-state index in [1.165, 1.54) is 0 Å². The van der Waals surface area contributed by atoms with Crippen LogP contribution in [0.15, 0.2) is 24.3 Å². The summed E-state index contributed by atoms with van der Waals surface area (Å²) in [7, 11) is 0. The number of hydrogen-bond donors (Lipinski definition) is 2. The predicted molar refractivity (Wildman–Crippen MR) is 58.4 cm³/mol. The van der Waals surface area contributed by atoms with Crippen LogP contribution in [0.1, 0.15) is 24.0 Å². The fourth-order valence-electron chi connectivity index (χ4n) is 1.38. The van der Waals surface area contributed by atoms with Gasteiger partial charge < -0.3 is 10.2 Å². The van der Waals surface area contributed by atoms with Gasteiger partial charge in [-0.1, -0.05) is 24.3 Å². The Hall–Kier alpha value is -1.84. The Balaban J connectivity index is 2.47. The Bertz CT molecular complexity index is 330. The largest absolute Gasteiger partial charge is 0.481 e. The molecule has 0 fully saturated rings. The van der Waals surface area contributed by atoms with E-state index in [2.05, 4.69) is 0 Å². The van der Waals surface area contributed by atoms with Gasteiger partial charge in [-0.3, -0.25) is 9.59 Å². The molecule has 1 rings (SSSR count). The molecule has 0 aromatic heterocycles. The predicted octanol–water partition coefficient (Wildman–Crippen LogP) is 1.72. The third-order valence-corrected chi connectivity index (χ3v) is 2.28. The summed E-state index contributed by atoms with van der Waals surface area (Å²) in [6, 6.07) is 7.39. The van der Waals surface area contributed by atoms with Crippen molar-refractivity contribution in [2.24, 2.45) is 0 Å². The Morgan fingerprint density at radius 2 is 1.12 bits per heavy atom. The highest BCUT2D eigenvalue weighted by atomic mass is 16.4. The van der Waals surface area contributed by atoms with Crippen molar-refractivity contribution in [2.45, 2.75) is 25.7 Å². The summed E-state index contributed by atoms with van der Waals surface area (Å²) in [4.78, 5) is 20.7. The Morgan fingerprint density at radius 1 is 0.812 bits per heavy atom. The van der Waals surface area contributed by atoms with Crippen LogP contribution < -0.4 is 0 Å². The van der Waals surface area contributed by atoms with Crippen LogP contribution in [0.4, 0.5) is 0 Å². The summed E-state index contributed by atoms with van der Waals surface area (Å²) in [5, 5.41) is 17.0. The topological polar surface area (TPSA) is 74.6 Å². The maximum absolute atomic E-state index is 10.4. The molecular formula is C12H14O4. The van der Waals surface area contributed by atoms with Crippen LogP contribution in [0.3, 0.4) is 0 Å². The van der Waals surface area contributed by atoms with E-state index in [-0.39, 0.29) is 12.8 Å². The van der Waals surface area contributed by atoms with E-state index in [4.69, 9.17) is 10.2 Å². The quantitative estimate of drug-likeness (QED) is 0.768. The SMILES string of the molecule is O=C(O)CCc1ccc(CCC(=O)O)cc1. The number of carbonyl (C=O) groups is 2. The average molecular weight is 222 g/mol. The van der Waals surface area contributed by atoms with Gasteiger partial charge in [-0.15, -0.1) is 0 Å². The molecule has 0 radical (unpaired) electrons. The molecule has 0 atom stereocenters. The number of hydrogen-bond acceptors (Lipinski definition) is 2. The molecule has 1 aromatic carbocycles. The van der Waals surface area contributed by atoms with Crippen LogP contribution in [0.5, 0.6) is 0 Å². The smallest absolute Gasteiger partial charge is 0.303 e. The third-order valence-electron chi connectivity index (χ3n) is 2.28. The molecule has 4 heteroatoms. The summed E-state index contributed by atoms with van der Waals surface area (Å²) in [6.07, 6.45) is 1.26. The molecule has 0 saturated heterocycles. The van der Waals surface area contributed by atoms with Crippen LogP contribution in [-0.2, 0) is 22.4 Å². The first-order valence-corrected chi connectivity index (χ1v) is 5.09.